The van der Waals surface area contributed by atoms with E-state index in [0.29, 0.717) is 11.3 Å². The monoisotopic (exact) mass is 310 g/mol. The van der Waals surface area contributed by atoms with Gasteiger partial charge in [0.15, 0.2) is 0 Å². The minimum Gasteiger partial charge on any atom is -0.478 e. The van der Waals surface area contributed by atoms with Gasteiger partial charge in [0.1, 0.15) is 5.75 Å². The van der Waals surface area contributed by atoms with Gasteiger partial charge in [0.2, 0.25) is 0 Å². The number of carbonyl (C=O) groups is 2. The molecule has 0 aromatic heterocycles. The lowest BCUT2D eigenvalue weighted by atomic mass is 10.0. The first kappa shape index (κ1) is 16.5. The maximum Gasteiger partial charge on any atom is 0.343 e. The quantitative estimate of drug-likeness (QED) is 0.528. The number of carbonyl (C=O) groups excluding carboxylic acids is 1. The van der Waals surface area contributed by atoms with Crippen molar-refractivity contribution in [1.82, 2.24) is 0 Å². The number of aliphatic carboxylic acids is 1. The Morgan fingerprint density at radius 2 is 1.61 bits per heavy atom. The van der Waals surface area contributed by atoms with Crippen molar-refractivity contribution in [2.75, 3.05) is 0 Å². The van der Waals surface area contributed by atoms with E-state index < -0.39 is 11.9 Å². The minimum atomic E-state index is -1.00. The van der Waals surface area contributed by atoms with Crippen LogP contribution in [0.2, 0.25) is 0 Å². The highest BCUT2D eigenvalue weighted by molar-refractivity contribution is 5.93. The Bertz CT molecular complexity index is 765. The SMILES string of the molecule is Cc1ccccc1C(=O)Oc1c(C)cc(/C=C/C(=O)O)cc1C. The van der Waals surface area contributed by atoms with E-state index in [9.17, 15) is 9.59 Å². The average molecular weight is 310 g/mol. The summed E-state index contributed by atoms with van der Waals surface area (Å²) >= 11 is 0. The van der Waals surface area contributed by atoms with Crippen LogP contribution in [-0.4, -0.2) is 17.0 Å². The number of ether oxygens (including phenoxy) is 1. The van der Waals surface area contributed by atoms with E-state index in [1.54, 1.807) is 24.3 Å². The summed E-state index contributed by atoms with van der Waals surface area (Å²) in [5, 5.41) is 8.68. The van der Waals surface area contributed by atoms with E-state index in [1.165, 1.54) is 6.08 Å². The topological polar surface area (TPSA) is 63.6 Å². The fourth-order valence-corrected chi connectivity index (χ4v) is 2.36. The second kappa shape index (κ2) is 6.92. The highest BCUT2D eigenvalue weighted by Gasteiger charge is 2.14. The van der Waals surface area contributed by atoms with Gasteiger partial charge in [0, 0.05) is 6.08 Å². The van der Waals surface area contributed by atoms with Crippen molar-refractivity contribution in [2.24, 2.45) is 0 Å². The zero-order valence-electron chi connectivity index (χ0n) is 13.3. The molecule has 0 aliphatic heterocycles. The Morgan fingerprint density at radius 3 is 2.17 bits per heavy atom. The third-order valence-electron chi connectivity index (χ3n) is 3.46. The summed E-state index contributed by atoms with van der Waals surface area (Å²) in [6, 6.07) is 10.8. The van der Waals surface area contributed by atoms with Crippen LogP contribution in [0.1, 0.15) is 32.6 Å². The number of hydrogen-bond donors (Lipinski definition) is 1. The third-order valence-corrected chi connectivity index (χ3v) is 3.46. The average Bonchev–Trinajstić information content (AvgIpc) is 2.49. The normalized spacial score (nSPS) is 10.7. The Labute approximate surface area is 135 Å². The van der Waals surface area contributed by atoms with Crippen LogP contribution >= 0.6 is 0 Å². The molecule has 0 bridgehead atoms. The van der Waals surface area contributed by atoms with E-state index >= 15 is 0 Å². The number of esters is 1. The van der Waals surface area contributed by atoms with Crippen molar-refractivity contribution in [3.8, 4) is 5.75 Å². The molecule has 4 heteroatoms. The van der Waals surface area contributed by atoms with E-state index in [4.69, 9.17) is 9.84 Å². The molecule has 23 heavy (non-hydrogen) atoms. The van der Waals surface area contributed by atoms with Crippen LogP contribution in [-0.2, 0) is 4.79 Å². The van der Waals surface area contributed by atoms with Crippen molar-refractivity contribution in [3.05, 3.63) is 70.3 Å². The van der Waals surface area contributed by atoms with Gasteiger partial charge in [-0.15, -0.1) is 0 Å². The fourth-order valence-electron chi connectivity index (χ4n) is 2.36. The number of carboxylic acid groups (broad SMARTS) is 1. The first-order valence-corrected chi connectivity index (χ1v) is 7.18. The van der Waals surface area contributed by atoms with Gasteiger partial charge in [0.05, 0.1) is 5.56 Å². The van der Waals surface area contributed by atoms with Gasteiger partial charge in [-0.2, -0.15) is 0 Å². The number of aryl methyl sites for hydroxylation is 3. The molecule has 2 aromatic rings. The largest absolute Gasteiger partial charge is 0.478 e. The van der Waals surface area contributed by atoms with Crippen LogP contribution in [0.4, 0.5) is 0 Å². The molecule has 0 radical (unpaired) electrons. The number of carboxylic acids is 1. The Hall–Kier alpha value is -2.88. The lowest BCUT2D eigenvalue weighted by Crippen LogP contribution is -2.11. The predicted molar refractivity (Wildman–Crippen MR) is 88.7 cm³/mol. The van der Waals surface area contributed by atoms with Crippen molar-refractivity contribution in [3.63, 3.8) is 0 Å². The molecule has 0 aliphatic carbocycles. The van der Waals surface area contributed by atoms with Gasteiger partial charge in [-0.1, -0.05) is 18.2 Å². The van der Waals surface area contributed by atoms with Crippen molar-refractivity contribution in [1.29, 1.82) is 0 Å². The molecule has 0 spiro atoms. The molecule has 0 aliphatic rings. The van der Waals surface area contributed by atoms with Gasteiger partial charge in [-0.05, 0) is 67.3 Å². The second-order valence-electron chi connectivity index (χ2n) is 5.36. The standard InChI is InChI=1S/C19H18O4/c1-12-6-4-5-7-16(12)19(22)23-18-13(2)10-15(11-14(18)3)8-9-17(20)21/h4-11H,1-3H3,(H,20,21)/b9-8+. The molecule has 118 valence electrons. The zero-order valence-corrected chi connectivity index (χ0v) is 13.3. The molecule has 0 fully saturated rings. The van der Waals surface area contributed by atoms with Gasteiger partial charge < -0.3 is 9.84 Å². The molecule has 0 saturated heterocycles. The zero-order chi connectivity index (χ0) is 17.0. The lowest BCUT2D eigenvalue weighted by Gasteiger charge is -2.12. The highest BCUT2D eigenvalue weighted by Crippen LogP contribution is 2.26. The van der Waals surface area contributed by atoms with Crippen LogP contribution in [0.5, 0.6) is 5.75 Å². The Morgan fingerprint density at radius 1 is 1.00 bits per heavy atom. The first-order valence-electron chi connectivity index (χ1n) is 7.18. The van der Waals surface area contributed by atoms with Gasteiger partial charge >= 0.3 is 11.9 Å². The molecule has 0 amide bonds. The molecule has 1 N–H and O–H groups in total. The highest BCUT2D eigenvalue weighted by atomic mass is 16.5. The maximum atomic E-state index is 12.3. The van der Waals surface area contributed by atoms with Crippen molar-refractivity contribution >= 4 is 18.0 Å². The summed E-state index contributed by atoms with van der Waals surface area (Å²) in [7, 11) is 0. The summed E-state index contributed by atoms with van der Waals surface area (Å²) in [5.41, 5.74) is 3.68. The molecular formula is C19H18O4. The smallest absolute Gasteiger partial charge is 0.343 e. The Balaban J connectivity index is 2.29. The molecule has 0 atom stereocenters. The first-order chi connectivity index (χ1) is 10.9. The molecular weight excluding hydrogens is 292 g/mol. The van der Waals surface area contributed by atoms with E-state index in [1.807, 2.05) is 32.9 Å². The van der Waals surface area contributed by atoms with Crippen LogP contribution in [0.15, 0.2) is 42.5 Å². The second-order valence-corrected chi connectivity index (χ2v) is 5.36. The summed E-state index contributed by atoms with van der Waals surface area (Å²) in [5.74, 6) is -0.899. The summed E-state index contributed by atoms with van der Waals surface area (Å²) in [4.78, 5) is 22.9. The van der Waals surface area contributed by atoms with Gasteiger partial charge in [0.25, 0.3) is 0 Å². The van der Waals surface area contributed by atoms with Crippen LogP contribution in [0.3, 0.4) is 0 Å². The van der Waals surface area contributed by atoms with Gasteiger partial charge in [-0.3, -0.25) is 0 Å². The summed E-state index contributed by atoms with van der Waals surface area (Å²) < 4.78 is 5.54. The summed E-state index contributed by atoms with van der Waals surface area (Å²) in [6.45, 7) is 5.51. The number of hydrogen-bond acceptors (Lipinski definition) is 3. The number of benzene rings is 2. The molecule has 2 rings (SSSR count). The fraction of sp³-hybridized carbons (Fsp3) is 0.158. The Kier molecular flexibility index (Phi) is 4.96. The molecule has 2 aromatic carbocycles. The summed E-state index contributed by atoms with van der Waals surface area (Å²) in [6.07, 6.45) is 2.59. The van der Waals surface area contributed by atoms with Crippen LogP contribution in [0, 0.1) is 20.8 Å². The van der Waals surface area contributed by atoms with Gasteiger partial charge in [-0.25, -0.2) is 9.59 Å². The molecule has 0 unspecified atom stereocenters. The molecule has 0 heterocycles. The lowest BCUT2D eigenvalue weighted by molar-refractivity contribution is -0.131. The third kappa shape index (κ3) is 4.07. The van der Waals surface area contributed by atoms with Crippen molar-refractivity contribution in [2.45, 2.75) is 20.8 Å². The van der Waals surface area contributed by atoms with Crippen LogP contribution in [0.25, 0.3) is 6.08 Å². The van der Waals surface area contributed by atoms with E-state index in [0.717, 1.165) is 28.3 Å². The number of rotatable bonds is 4. The molecule has 0 saturated carbocycles. The van der Waals surface area contributed by atoms with Crippen molar-refractivity contribution < 1.29 is 19.4 Å². The van der Waals surface area contributed by atoms with E-state index in [2.05, 4.69) is 0 Å². The molecule has 4 nitrogen and oxygen atoms in total. The maximum absolute atomic E-state index is 12.3. The van der Waals surface area contributed by atoms with E-state index in [-0.39, 0.29) is 0 Å². The predicted octanol–water partition coefficient (Wildman–Crippen LogP) is 3.93. The minimum absolute atomic E-state index is 0.400. The van der Waals surface area contributed by atoms with Crippen LogP contribution < -0.4 is 4.74 Å².